The Morgan fingerprint density at radius 3 is 2.62 bits per heavy atom. The Labute approximate surface area is 109 Å². The molecule has 88 valence electrons. The lowest BCUT2D eigenvalue weighted by atomic mass is 9.99. The van der Waals surface area contributed by atoms with E-state index in [1.807, 2.05) is 17.9 Å². The van der Waals surface area contributed by atoms with E-state index in [1.54, 1.807) is 11.3 Å². The molecule has 0 spiro atoms. The molecule has 0 aliphatic carbocycles. The van der Waals surface area contributed by atoms with E-state index in [9.17, 15) is 4.79 Å². The molecule has 1 aromatic rings. The highest BCUT2D eigenvalue weighted by molar-refractivity contribution is 9.11. The number of rotatable bonds is 1. The van der Waals surface area contributed by atoms with Crippen molar-refractivity contribution in [2.75, 3.05) is 13.1 Å². The van der Waals surface area contributed by atoms with Crippen LogP contribution >= 0.6 is 27.3 Å². The van der Waals surface area contributed by atoms with E-state index < -0.39 is 0 Å². The number of halogens is 1. The van der Waals surface area contributed by atoms with Crippen LogP contribution in [0.3, 0.4) is 0 Å². The van der Waals surface area contributed by atoms with Crippen molar-refractivity contribution in [2.24, 2.45) is 5.92 Å². The Bertz CT molecular complexity index is 374. The molecule has 1 fully saturated rings. The van der Waals surface area contributed by atoms with E-state index >= 15 is 0 Å². The van der Waals surface area contributed by atoms with Crippen LogP contribution in [0.1, 0.15) is 35.0 Å². The minimum absolute atomic E-state index is 0.200. The van der Waals surface area contributed by atoms with E-state index in [2.05, 4.69) is 22.9 Å². The first-order chi connectivity index (χ1) is 7.58. The van der Waals surface area contributed by atoms with Gasteiger partial charge in [0.05, 0.1) is 8.66 Å². The van der Waals surface area contributed by atoms with E-state index in [-0.39, 0.29) is 5.91 Å². The van der Waals surface area contributed by atoms with Gasteiger partial charge in [-0.15, -0.1) is 11.3 Å². The van der Waals surface area contributed by atoms with Crippen molar-refractivity contribution in [1.82, 2.24) is 4.90 Å². The predicted molar refractivity (Wildman–Crippen MR) is 71.1 cm³/mol. The van der Waals surface area contributed by atoms with Gasteiger partial charge in [-0.3, -0.25) is 4.79 Å². The SMILES string of the molecule is Cc1cc(C(=O)N2CCC(C)CC2)sc1Br. The predicted octanol–water partition coefficient (Wildman–Crippen LogP) is 3.69. The van der Waals surface area contributed by atoms with E-state index in [4.69, 9.17) is 0 Å². The first-order valence-electron chi connectivity index (χ1n) is 5.63. The number of hydrogen-bond donors (Lipinski definition) is 0. The third-order valence-electron chi connectivity index (χ3n) is 3.14. The Kier molecular flexibility index (Phi) is 3.70. The second-order valence-electron chi connectivity index (χ2n) is 4.54. The molecule has 16 heavy (non-hydrogen) atoms. The molecule has 0 aromatic carbocycles. The molecule has 1 aliphatic rings. The summed E-state index contributed by atoms with van der Waals surface area (Å²) >= 11 is 5.01. The Balaban J connectivity index is 2.07. The fraction of sp³-hybridized carbons (Fsp3) is 0.583. The smallest absolute Gasteiger partial charge is 0.263 e. The van der Waals surface area contributed by atoms with Gasteiger partial charge in [0.1, 0.15) is 0 Å². The number of carbonyl (C=O) groups is 1. The summed E-state index contributed by atoms with van der Waals surface area (Å²) < 4.78 is 1.07. The van der Waals surface area contributed by atoms with Crippen LogP contribution in [0.25, 0.3) is 0 Å². The summed E-state index contributed by atoms with van der Waals surface area (Å²) in [5, 5.41) is 0. The van der Waals surface area contributed by atoms with Crippen molar-refractivity contribution in [3.63, 3.8) is 0 Å². The summed E-state index contributed by atoms with van der Waals surface area (Å²) in [6, 6.07) is 1.98. The zero-order chi connectivity index (χ0) is 11.7. The molecule has 4 heteroatoms. The number of piperidine rings is 1. The van der Waals surface area contributed by atoms with Crippen LogP contribution in [-0.4, -0.2) is 23.9 Å². The number of carbonyl (C=O) groups excluding carboxylic acids is 1. The Morgan fingerprint density at radius 2 is 2.12 bits per heavy atom. The van der Waals surface area contributed by atoms with Gasteiger partial charge in [0.2, 0.25) is 0 Å². The molecule has 2 heterocycles. The molecule has 0 radical (unpaired) electrons. The fourth-order valence-electron chi connectivity index (χ4n) is 1.93. The second-order valence-corrected chi connectivity index (χ2v) is 6.91. The quantitative estimate of drug-likeness (QED) is 0.775. The number of nitrogens with zero attached hydrogens (tertiary/aromatic N) is 1. The van der Waals surface area contributed by atoms with Crippen molar-refractivity contribution in [2.45, 2.75) is 26.7 Å². The third kappa shape index (κ3) is 2.48. The van der Waals surface area contributed by atoms with Crippen LogP contribution in [0.5, 0.6) is 0 Å². The zero-order valence-corrected chi connectivity index (χ0v) is 12.0. The van der Waals surface area contributed by atoms with Gasteiger partial charge >= 0.3 is 0 Å². The summed E-state index contributed by atoms with van der Waals surface area (Å²) in [5.41, 5.74) is 1.15. The molecule has 2 nitrogen and oxygen atoms in total. The van der Waals surface area contributed by atoms with Crippen LogP contribution < -0.4 is 0 Å². The minimum Gasteiger partial charge on any atom is -0.338 e. The molecule has 0 saturated carbocycles. The summed E-state index contributed by atoms with van der Waals surface area (Å²) in [6.45, 7) is 6.10. The largest absolute Gasteiger partial charge is 0.338 e. The number of hydrogen-bond acceptors (Lipinski definition) is 2. The van der Waals surface area contributed by atoms with Gasteiger partial charge in [-0.25, -0.2) is 0 Å². The molecule has 1 aromatic heterocycles. The average Bonchev–Trinajstić information content (AvgIpc) is 2.59. The average molecular weight is 302 g/mol. The molecule has 2 rings (SSSR count). The third-order valence-corrected chi connectivity index (χ3v) is 5.26. The standard InChI is InChI=1S/C12H16BrNOS/c1-8-3-5-14(6-4-8)12(15)10-7-9(2)11(13)16-10/h7-8H,3-6H2,1-2H3. The van der Waals surface area contributed by atoms with Gasteiger partial charge in [0, 0.05) is 13.1 Å². The van der Waals surface area contributed by atoms with E-state index in [1.165, 1.54) is 0 Å². The van der Waals surface area contributed by atoms with Crippen LogP contribution in [0.2, 0.25) is 0 Å². The van der Waals surface area contributed by atoms with Crippen LogP contribution in [0.15, 0.2) is 9.85 Å². The summed E-state index contributed by atoms with van der Waals surface area (Å²) in [6.07, 6.45) is 2.27. The highest BCUT2D eigenvalue weighted by Gasteiger charge is 2.22. The normalized spacial score (nSPS) is 17.8. The molecule has 0 unspecified atom stereocenters. The molecule has 0 bridgehead atoms. The van der Waals surface area contributed by atoms with Crippen molar-refractivity contribution in [3.05, 3.63) is 20.3 Å². The van der Waals surface area contributed by atoms with Gasteiger partial charge in [0.25, 0.3) is 5.91 Å². The first-order valence-corrected chi connectivity index (χ1v) is 7.24. The molecule has 1 aliphatic heterocycles. The monoisotopic (exact) mass is 301 g/mol. The van der Waals surface area contributed by atoms with Crippen molar-refractivity contribution in [3.8, 4) is 0 Å². The summed E-state index contributed by atoms with van der Waals surface area (Å²) in [7, 11) is 0. The van der Waals surface area contributed by atoms with Gasteiger partial charge in [0.15, 0.2) is 0 Å². The summed E-state index contributed by atoms with van der Waals surface area (Å²) in [5.74, 6) is 0.964. The van der Waals surface area contributed by atoms with Crippen LogP contribution in [-0.2, 0) is 0 Å². The molecule has 1 saturated heterocycles. The minimum atomic E-state index is 0.200. The lowest BCUT2D eigenvalue weighted by molar-refractivity contribution is 0.0702. The zero-order valence-electron chi connectivity index (χ0n) is 9.62. The highest BCUT2D eigenvalue weighted by atomic mass is 79.9. The molecule has 0 N–H and O–H groups in total. The maximum atomic E-state index is 12.2. The number of aryl methyl sites for hydroxylation is 1. The molecular formula is C12H16BrNOS. The van der Waals surface area contributed by atoms with Crippen LogP contribution in [0.4, 0.5) is 0 Å². The van der Waals surface area contributed by atoms with Crippen molar-refractivity contribution in [1.29, 1.82) is 0 Å². The van der Waals surface area contributed by atoms with E-state index in [0.29, 0.717) is 0 Å². The van der Waals surface area contributed by atoms with Gasteiger partial charge in [-0.1, -0.05) is 6.92 Å². The van der Waals surface area contributed by atoms with Gasteiger partial charge < -0.3 is 4.90 Å². The van der Waals surface area contributed by atoms with Crippen molar-refractivity contribution >= 4 is 33.2 Å². The number of thiophene rings is 1. The Hall–Kier alpha value is -0.350. The molecule has 1 amide bonds. The lowest BCUT2D eigenvalue weighted by Crippen LogP contribution is -2.37. The summed E-state index contributed by atoms with van der Waals surface area (Å²) in [4.78, 5) is 15.0. The molecule has 0 atom stereocenters. The van der Waals surface area contributed by atoms with Gasteiger partial charge in [-0.2, -0.15) is 0 Å². The molecular weight excluding hydrogens is 286 g/mol. The van der Waals surface area contributed by atoms with Crippen LogP contribution in [0, 0.1) is 12.8 Å². The number of likely N-dealkylation sites (tertiary alicyclic amines) is 1. The highest BCUT2D eigenvalue weighted by Crippen LogP contribution is 2.29. The van der Waals surface area contributed by atoms with E-state index in [0.717, 1.165) is 46.1 Å². The maximum Gasteiger partial charge on any atom is 0.263 e. The second kappa shape index (κ2) is 4.88. The fourth-order valence-corrected chi connectivity index (χ4v) is 3.44. The maximum absolute atomic E-state index is 12.2. The number of amides is 1. The lowest BCUT2D eigenvalue weighted by Gasteiger charge is -2.29. The topological polar surface area (TPSA) is 20.3 Å². The van der Waals surface area contributed by atoms with Gasteiger partial charge in [-0.05, 0) is 53.2 Å². The Morgan fingerprint density at radius 1 is 1.50 bits per heavy atom. The van der Waals surface area contributed by atoms with Crippen molar-refractivity contribution < 1.29 is 4.79 Å². The first kappa shape index (κ1) is 12.1.